The van der Waals surface area contributed by atoms with E-state index in [0.29, 0.717) is 18.7 Å². The summed E-state index contributed by atoms with van der Waals surface area (Å²) < 4.78 is 5.64. The van der Waals surface area contributed by atoms with Gasteiger partial charge in [-0.3, -0.25) is 9.59 Å². The van der Waals surface area contributed by atoms with Crippen molar-refractivity contribution in [3.63, 3.8) is 0 Å². The Hall–Kier alpha value is -2.04. The second-order valence-electron chi connectivity index (χ2n) is 5.97. The van der Waals surface area contributed by atoms with E-state index in [1.165, 1.54) is 0 Å². The molecule has 126 valence electrons. The summed E-state index contributed by atoms with van der Waals surface area (Å²) in [6.45, 7) is 3.47. The van der Waals surface area contributed by atoms with Gasteiger partial charge in [0.2, 0.25) is 0 Å². The molecule has 1 fully saturated rings. The number of carboxylic acid groups (broad SMARTS) is 1. The topological polar surface area (TPSA) is 66.8 Å². The average Bonchev–Trinajstić information content (AvgIpc) is 2.99. The van der Waals surface area contributed by atoms with Crippen molar-refractivity contribution in [3.8, 4) is 5.75 Å². The SMILES string of the molecule is CCCCCOc1ccc(C(=O)N2CCCC2CC(=O)O)cc1. The third-order valence-electron chi connectivity index (χ3n) is 4.17. The van der Waals surface area contributed by atoms with Crippen molar-refractivity contribution in [2.45, 2.75) is 51.5 Å². The molecule has 23 heavy (non-hydrogen) atoms. The smallest absolute Gasteiger partial charge is 0.305 e. The number of nitrogens with zero attached hydrogens (tertiary/aromatic N) is 1. The van der Waals surface area contributed by atoms with Crippen LogP contribution in [0.5, 0.6) is 5.75 Å². The van der Waals surface area contributed by atoms with E-state index >= 15 is 0 Å². The van der Waals surface area contributed by atoms with Gasteiger partial charge in [0, 0.05) is 18.2 Å². The number of aliphatic carboxylic acids is 1. The molecule has 5 heteroatoms. The van der Waals surface area contributed by atoms with Crippen molar-refractivity contribution in [1.82, 2.24) is 4.90 Å². The van der Waals surface area contributed by atoms with Crippen LogP contribution in [-0.2, 0) is 4.79 Å². The Labute approximate surface area is 137 Å². The number of hydrogen-bond donors (Lipinski definition) is 1. The predicted molar refractivity (Wildman–Crippen MR) is 87.8 cm³/mol. The Morgan fingerprint density at radius 3 is 2.65 bits per heavy atom. The molecule has 1 aliphatic heterocycles. The first-order chi connectivity index (χ1) is 11.1. The van der Waals surface area contributed by atoms with E-state index in [4.69, 9.17) is 9.84 Å². The van der Waals surface area contributed by atoms with Gasteiger partial charge < -0.3 is 14.7 Å². The number of hydrogen-bond acceptors (Lipinski definition) is 3. The summed E-state index contributed by atoms with van der Waals surface area (Å²) in [7, 11) is 0. The van der Waals surface area contributed by atoms with Crippen LogP contribution in [0.15, 0.2) is 24.3 Å². The van der Waals surface area contributed by atoms with E-state index in [2.05, 4.69) is 6.92 Å². The highest BCUT2D eigenvalue weighted by atomic mass is 16.5. The van der Waals surface area contributed by atoms with Gasteiger partial charge in [-0.15, -0.1) is 0 Å². The summed E-state index contributed by atoms with van der Waals surface area (Å²) in [6.07, 6.45) is 4.98. The second-order valence-corrected chi connectivity index (χ2v) is 5.97. The van der Waals surface area contributed by atoms with Gasteiger partial charge in [-0.1, -0.05) is 19.8 Å². The van der Waals surface area contributed by atoms with Crippen molar-refractivity contribution in [2.75, 3.05) is 13.2 Å². The number of ether oxygens (including phenoxy) is 1. The van der Waals surface area contributed by atoms with E-state index in [-0.39, 0.29) is 18.4 Å². The van der Waals surface area contributed by atoms with Crippen LogP contribution in [0.1, 0.15) is 55.8 Å². The number of carboxylic acids is 1. The van der Waals surface area contributed by atoms with Crippen molar-refractivity contribution in [1.29, 1.82) is 0 Å². The van der Waals surface area contributed by atoms with Crippen LogP contribution in [0.3, 0.4) is 0 Å². The zero-order valence-corrected chi connectivity index (χ0v) is 13.7. The highest BCUT2D eigenvalue weighted by molar-refractivity contribution is 5.95. The molecule has 1 amide bonds. The highest BCUT2D eigenvalue weighted by Gasteiger charge is 2.30. The quantitative estimate of drug-likeness (QED) is 0.746. The number of amides is 1. The fraction of sp³-hybridized carbons (Fsp3) is 0.556. The molecule has 1 saturated heterocycles. The van der Waals surface area contributed by atoms with Gasteiger partial charge in [-0.25, -0.2) is 0 Å². The monoisotopic (exact) mass is 319 g/mol. The molecule has 1 N–H and O–H groups in total. The van der Waals surface area contributed by atoms with Gasteiger partial charge in [0.1, 0.15) is 5.75 Å². The maximum Gasteiger partial charge on any atom is 0.305 e. The Morgan fingerprint density at radius 2 is 2.00 bits per heavy atom. The first kappa shape index (κ1) is 17.3. The van der Waals surface area contributed by atoms with Crippen LogP contribution in [0.4, 0.5) is 0 Å². The summed E-state index contributed by atoms with van der Waals surface area (Å²) in [4.78, 5) is 25.1. The molecular weight excluding hydrogens is 294 g/mol. The van der Waals surface area contributed by atoms with E-state index < -0.39 is 5.97 Å². The maximum absolute atomic E-state index is 12.5. The highest BCUT2D eigenvalue weighted by Crippen LogP contribution is 2.23. The van der Waals surface area contributed by atoms with Crippen LogP contribution in [0.25, 0.3) is 0 Å². The van der Waals surface area contributed by atoms with Gasteiger partial charge in [-0.2, -0.15) is 0 Å². The first-order valence-electron chi connectivity index (χ1n) is 8.37. The lowest BCUT2D eigenvalue weighted by atomic mass is 10.1. The number of likely N-dealkylation sites (tertiary alicyclic amines) is 1. The molecule has 1 aliphatic rings. The number of unbranched alkanes of at least 4 members (excludes halogenated alkanes) is 2. The number of rotatable bonds is 8. The van der Waals surface area contributed by atoms with E-state index in [0.717, 1.165) is 37.9 Å². The Bertz CT molecular complexity index is 526. The lowest BCUT2D eigenvalue weighted by molar-refractivity contribution is -0.137. The summed E-state index contributed by atoms with van der Waals surface area (Å²) in [5.74, 6) is -0.182. The van der Waals surface area contributed by atoms with Gasteiger partial charge in [0.25, 0.3) is 5.91 Å². The predicted octanol–water partition coefficient (Wildman–Crippen LogP) is 3.33. The van der Waals surface area contributed by atoms with Gasteiger partial charge in [0.05, 0.1) is 13.0 Å². The average molecular weight is 319 g/mol. The van der Waals surface area contributed by atoms with E-state index in [9.17, 15) is 9.59 Å². The zero-order chi connectivity index (χ0) is 16.7. The molecule has 0 bridgehead atoms. The van der Waals surface area contributed by atoms with Gasteiger partial charge in [0.15, 0.2) is 0 Å². The van der Waals surface area contributed by atoms with Crippen molar-refractivity contribution in [2.24, 2.45) is 0 Å². The van der Waals surface area contributed by atoms with Crippen molar-refractivity contribution < 1.29 is 19.4 Å². The molecule has 2 rings (SSSR count). The minimum Gasteiger partial charge on any atom is -0.494 e. The third-order valence-corrected chi connectivity index (χ3v) is 4.17. The molecule has 1 unspecified atom stereocenters. The minimum absolute atomic E-state index is 0.0182. The van der Waals surface area contributed by atoms with Crippen LogP contribution in [0, 0.1) is 0 Å². The molecule has 1 atom stereocenters. The largest absolute Gasteiger partial charge is 0.494 e. The molecule has 5 nitrogen and oxygen atoms in total. The van der Waals surface area contributed by atoms with Crippen LogP contribution in [0.2, 0.25) is 0 Å². The normalized spacial score (nSPS) is 17.3. The maximum atomic E-state index is 12.5. The molecule has 1 aromatic rings. The van der Waals surface area contributed by atoms with E-state index in [1.807, 2.05) is 0 Å². The third kappa shape index (κ3) is 4.98. The molecule has 0 saturated carbocycles. The minimum atomic E-state index is -0.856. The summed E-state index contributed by atoms with van der Waals surface area (Å²) in [5, 5.41) is 8.95. The first-order valence-corrected chi connectivity index (χ1v) is 8.37. The Morgan fingerprint density at radius 1 is 1.26 bits per heavy atom. The standard InChI is InChI=1S/C18H25NO4/c1-2-3-4-12-23-16-9-7-14(8-10-16)18(22)19-11-5-6-15(19)13-17(20)21/h7-10,15H,2-6,11-13H2,1H3,(H,20,21). The van der Waals surface area contributed by atoms with Crippen LogP contribution in [-0.4, -0.2) is 41.1 Å². The van der Waals surface area contributed by atoms with Crippen molar-refractivity contribution in [3.05, 3.63) is 29.8 Å². The fourth-order valence-electron chi connectivity index (χ4n) is 2.92. The summed E-state index contributed by atoms with van der Waals surface area (Å²) in [6, 6.07) is 6.94. The molecular formula is C18H25NO4. The summed E-state index contributed by atoms with van der Waals surface area (Å²) in [5.41, 5.74) is 0.586. The lowest BCUT2D eigenvalue weighted by Gasteiger charge is -2.23. The molecule has 0 aromatic heterocycles. The van der Waals surface area contributed by atoms with Crippen LogP contribution < -0.4 is 4.74 Å². The summed E-state index contributed by atoms with van der Waals surface area (Å²) >= 11 is 0. The number of carbonyl (C=O) groups excluding carboxylic acids is 1. The molecule has 0 radical (unpaired) electrons. The second kappa shape index (κ2) is 8.56. The molecule has 1 heterocycles. The number of benzene rings is 1. The zero-order valence-electron chi connectivity index (χ0n) is 13.7. The Balaban J connectivity index is 1.93. The fourth-order valence-corrected chi connectivity index (χ4v) is 2.92. The number of carbonyl (C=O) groups is 2. The molecule has 0 spiro atoms. The van der Waals surface area contributed by atoms with Crippen molar-refractivity contribution >= 4 is 11.9 Å². The Kier molecular flexibility index (Phi) is 6.44. The van der Waals surface area contributed by atoms with Gasteiger partial charge >= 0.3 is 5.97 Å². The molecule has 1 aromatic carbocycles. The van der Waals surface area contributed by atoms with E-state index in [1.54, 1.807) is 29.2 Å². The van der Waals surface area contributed by atoms with Gasteiger partial charge in [-0.05, 0) is 43.5 Å². The molecule has 0 aliphatic carbocycles. The lowest BCUT2D eigenvalue weighted by Crippen LogP contribution is -2.36. The van der Waals surface area contributed by atoms with Crippen LogP contribution >= 0.6 is 0 Å².